The van der Waals surface area contributed by atoms with Crippen molar-refractivity contribution in [1.82, 2.24) is 5.32 Å². The fraction of sp³-hybridized carbons (Fsp3) is 0.176. The summed E-state index contributed by atoms with van der Waals surface area (Å²) >= 11 is 0. The molecule has 0 radical (unpaired) electrons. The highest BCUT2D eigenvalue weighted by Gasteiger charge is 2.40. The maximum Gasteiger partial charge on any atom is 0.293 e. The molecule has 6 heteroatoms. The van der Waals surface area contributed by atoms with E-state index in [9.17, 15) is 14.7 Å². The highest BCUT2D eigenvalue weighted by molar-refractivity contribution is 6.46. The molecule has 1 aliphatic rings. The van der Waals surface area contributed by atoms with Gasteiger partial charge in [0.15, 0.2) is 0 Å². The first kappa shape index (κ1) is 14.9. The molecule has 1 atom stereocenters. The van der Waals surface area contributed by atoms with Crippen LogP contribution in [-0.4, -0.2) is 23.4 Å². The quantitative estimate of drug-likeness (QED) is 0.514. The molecular weight excluding hydrogens is 298 g/mol. The smallest absolute Gasteiger partial charge is 0.293 e. The van der Waals surface area contributed by atoms with Gasteiger partial charge in [-0.25, -0.2) is 0 Å². The second kappa shape index (κ2) is 6.00. The molecule has 23 heavy (non-hydrogen) atoms. The summed E-state index contributed by atoms with van der Waals surface area (Å²) in [7, 11) is 0. The number of furan rings is 1. The number of ether oxygens (including phenoxy) is 1. The summed E-state index contributed by atoms with van der Waals surface area (Å²) in [5, 5.41) is 13.0. The fourth-order valence-corrected chi connectivity index (χ4v) is 2.47. The molecule has 0 bridgehead atoms. The van der Waals surface area contributed by atoms with Crippen molar-refractivity contribution in [2.45, 2.75) is 13.0 Å². The number of Topliss-reactive ketones (excluding diaryl/α,β-unsaturated/α-hetero) is 1. The molecule has 2 aromatic rings. The maximum absolute atomic E-state index is 12.1. The molecule has 1 aromatic carbocycles. The lowest BCUT2D eigenvalue weighted by Crippen LogP contribution is -2.20. The summed E-state index contributed by atoms with van der Waals surface area (Å²) < 4.78 is 10.6. The summed E-state index contributed by atoms with van der Waals surface area (Å²) in [5.41, 5.74) is 0.402. The van der Waals surface area contributed by atoms with Crippen LogP contribution >= 0.6 is 0 Å². The Morgan fingerprint density at radius 3 is 2.61 bits per heavy atom. The first-order chi connectivity index (χ1) is 11.1. The Balaban J connectivity index is 2.02. The molecule has 1 aromatic heterocycles. The van der Waals surface area contributed by atoms with E-state index in [4.69, 9.17) is 9.15 Å². The lowest BCUT2D eigenvalue weighted by atomic mass is 10.00. The van der Waals surface area contributed by atoms with Crippen LogP contribution in [0.5, 0.6) is 5.75 Å². The van der Waals surface area contributed by atoms with Gasteiger partial charge in [-0.1, -0.05) is 0 Å². The Morgan fingerprint density at radius 1 is 1.26 bits per heavy atom. The summed E-state index contributed by atoms with van der Waals surface area (Å²) in [5.74, 6) is -0.741. The molecule has 2 heterocycles. The molecule has 0 saturated carbocycles. The van der Waals surface area contributed by atoms with Gasteiger partial charge in [0.25, 0.3) is 11.7 Å². The van der Waals surface area contributed by atoms with E-state index < -0.39 is 17.7 Å². The van der Waals surface area contributed by atoms with Crippen LogP contribution in [0.1, 0.15) is 24.3 Å². The van der Waals surface area contributed by atoms with E-state index in [1.54, 1.807) is 36.4 Å². The van der Waals surface area contributed by atoms with Gasteiger partial charge in [-0.2, -0.15) is 0 Å². The van der Waals surface area contributed by atoms with Crippen LogP contribution in [0.25, 0.3) is 5.76 Å². The first-order valence-corrected chi connectivity index (χ1v) is 7.16. The van der Waals surface area contributed by atoms with Crippen LogP contribution in [0, 0.1) is 0 Å². The van der Waals surface area contributed by atoms with Gasteiger partial charge in [0.05, 0.1) is 18.4 Å². The largest absolute Gasteiger partial charge is 0.507 e. The molecule has 1 saturated heterocycles. The third-order valence-corrected chi connectivity index (χ3v) is 3.54. The predicted octanol–water partition coefficient (Wildman–Crippen LogP) is 2.39. The zero-order valence-corrected chi connectivity index (χ0v) is 12.4. The van der Waals surface area contributed by atoms with Crippen molar-refractivity contribution in [2.75, 3.05) is 6.61 Å². The van der Waals surface area contributed by atoms with E-state index in [1.165, 1.54) is 6.26 Å². The van der Waals surface area contributed by atoms with Crippen LogP contribution in [0.3, 0.4) is 0 Å². The van der Waals surface area contributed by atoms with E-state index in [1.807, 2.05) is 6.92 Å². The zero-order chi connectivity index (χ0) is 16.4. The van der Waals surface area contributed by atoms with E-state index in [0.29, 0.717) is 23.7 Å². The number of rotatable bonds is 4. The standard InChI is InChI=1S/C17H15NO5/c1-2-22-11-7-5-10(6-8-11)15(19)13-14(12-4-3-9-23-12)18-17(21)16(13)20/h3-9,14,19H,2H2,1H3,(H,18,21). The number of carbonyl (C=O) groups is 2. The van der Waals surface area contributed by atoms with Crippen molar-refractivity contribution in [2.24, 2.45) is 0 Å². The van der Waals surface area contributed by atoms with Gasteiger partial charge in [0, 0.05) is 5.56 Å². The Morgan fingerprint density at radius 2 is 2.00 bits per heavy atom. The lowest BCUT2D eigenvalue weighted by Gasteiger charge is -2.11. The molecule has 1 fully saturated rings. The van der Waals surface area contributed by atoms with Crippen LogP contribution < -0.4 is 10.1 Å². The minimum Gasteiger partial charge on any atom is -0.507 e. The van der Waals surface area contributed by atoms with Crippen molar-refractivity contribution < 1.29 is 23.8 Å². The molecule has 3 rings (SSSR count). The Kier molecular flexibility index (Phi) is 3.89. The van der Waals surface area contributed by atoms with Gasteiger partial charge < -0.3 is 19.6 Å². The Bertz CT molecular complexity index is 759. The topological polar surface area (TPSA) is 88.8 Å². The molecule has 1 aliphatic heterocycles. The average Bonchev–Trinajstić information content (AvgIpc) is 3.17. The van der Waals surface area contributed by atoms with Crippen LogP contribution in [0.2, 0.25) is 0 Å². The lowest BCUT2D eigenvalue weighted by molar-refractivity contribution is -0.133. The number of amides is 1. The van der Waals surface area contributed by atoms with Crippen molar-refractivity contribution >= 4 is 17.4 Å². The molecule has 0 spiro atoms. The summed E-state index contributed by atoms with van der Waals surface area (Å²) in [6.45, 7) is 2.40. The number of ketones is 1. The molecule has 0 aliphatic carbocycles. The number of benzene rings is 1. The van der Waals surface area contributed by atoms with Crippen molar-refractivity contribution in [3.05, 3.63) is 59.6 Å². The van der Waals surface area contributed by atoms with Crippen LogP contribution in [0.4, 0.5) is 0 Å². The number of aliphatic hydroxyl groups excluding tert-OH is 1. The normalized spacial score (nSPS) is 19.6. The Hall–Kier alpha value is -3.02. The van der Waals surface area contributed by atoms with Gasteiger partial charge >= 0.3 is 0 Å². The minimum absolute atomic E-state index is 0.0193. The molecule has 6 nitrogen and oxygen atoms in total. The third-order valence-electron chi connectivity index (χ3n) is 3.54. The third kappa shape index (κ3) is 2.70. The van der Waals surface area contributed by atoms with Crippen molar-refractivity contribution in [3.63, 3.8) is 0 Å². The van der Waals surface area contributed by atoms with Gasteiger partial charge in [-0.3, -0.25) is 9.59 Å². The van der Waals surface area contributed by atoms with E-state index in [2.05, 4.69) is 5.32 Å². The summed E-state index contributed by atoms with van der Waals surface area (Å²) in [4.78, 5) is 23.8. The number of nitrogens with one attached hydrogen (secondary N) is 1. The average molecular weight is 313 g/mol. The number of hydrogen-bond donors (Lipinski definition) is 2. The molecule has 118 valence electrons. The monoisotopic (exact) mass is 313 g/mol. The van der Waals surface area contributed by atoms with E-state index in [0.717, 1.165) is 0 Å². The maximum atomic E-state index is 12.1. The number of hydrogen-bond acceptors (Lipinski definition) is 5. The predicted molar refractivity (Wildman–Crippen MR) is 81.8 cm³/mol. The van der Waals surface area contributed by atoms with Gasteiger partial charge in [0.2, 0.25) is 0 Å². The highest BCUT2D eigenvalue weighted by Crippen LogP contribution is 2.33. The molecule has 2 N–H and O–H groups in total. The van der Waals surface area contributed by atoms with Gasteiger partial charge in [-0.15, -0.1) is 0 Å². The van der Waals surface area contributed by atoms with E-state index in [-0.39, 0.29) is 11.3 Å². The first-order valence-electron chi connectivity index (χ1n) is 7.16. The van der Waals surface area contributed by atoms with Gasteiger partial charge in [0.1, 0.15) is 23.3 Å². The SMILES string of the molecule is CCOc1ccc(C(O)=C2C(=O)C(=O)NC2c2ccco2)cc1. The number of carbonyl (C=O) groups excluding carboxylic acids is 2. The minimum atomic E-state index is -0.795. The molecular formula is C17H15NO5. The van der Waals surface area contributed by atoms with Crippen molar-refractivity contribution in [3.8, 4) is 5.75 Å². The van der Waals surface area contributed by atoms with Gasteiger partial charge in [-0.05, 0) is 43.3 Å². The number of aliphatic hydroxyl groups is 1. The second-order valence-corrected chi connectivity index (χ2v) is 4.97. The summed E-state index contributed by atoms with van der Waals surface area (Å²) in [6, 6.07) is 9.12. The fourth-order valence-electron chi connectivity index (χ4n) is 2.47. The van der Waals surface area contributed by atoms with Crippen LogP contribution in [-0.2, 0) is 9.59 Å². The van der Waals surface area contributed by atoms with E-state index >= 15 is 0 Å². The second-order valence-electron chi connectivity index (χ2n) is 4.97. The highest BCUT2D eigenvalue weighted by atomic mass is 16.5. The summed E-state index contributed by atoms with van der Waals surface area (Å²) in [6.07, 6.45) is 1.44. The van der Waals surface area contributed by atoms with Crippen molar-refractivity contribution in [1.29, 1.82) is 0 Å². The Labute approximate surface area is 132 Å². The molecule has 1 unspecified atom stereocenters. The zero-order valence-electron chi connectivity index (χ0n) is 12.4. The molecule has 1 amide bonds. The van der Waals surface area contributed by atoms with Crippen LogP contribution in [0.15, 0.2) is 52.7 Å².